The quantitative estimate of drug-likeness (QED) is 0.729. The monoisotopic (exact) mass is 330 g/mol. The maximum atomic E-state index is 13.2. The molecule has 0 radical (unpaired) electrons. The second-order valence-corrected chi connectivity index (χ2v) is 7.06. The molecule has 1 aliphatic rings. The van der Waals surface area contributed by atoms with Gasteiger partial charge < -0.3 is 9.80 Å². The van der Waals surface area contributed by atoms with E-state index in [9.17, 15) is 9.59 Å². The van der Waals surface area contributed by atoms with E-state index in [0.29, 0.717) is 18.9 Å². The van der Waals surface area contributed by atoms with Crippen LogP contribution in [0.1, 0.15) is 62.9 Å². The molecule has 0 aromatic heterocycles. The highest BCUT2D eigenvalue weighted by atomic mass is 16.2. The third-order valence-electron chi connectivity index (χ3n) is 4.50. The largest absolute Gasteiger partial charge is 0.341 e. The molecule has 0 saturated heterocycles. The maximum Gasteiger partial charge on any atom is 0.255 e. The maximum absolute atomic E-state index is 13.2. The molecule has 0 fully saturated rings. The van der Waals surface area contributed by atoms with Crippen LogP contribution in [0.3, 0.4) is 0 Å². The summed E-state index contributed by atoms with van der Waals surface area (Å²) >= 11 is 0. The molecule has 0 saturated carbocycles. The van der Waals surface area contributed by atoms with Crippen LogP contribution in [0.5, 0.6) is 0 Å². The van der Waals surface area contributed by atoms with Crippen molar-refractivity contribution in [1.82, 2.24) is 9.80 Å². The highest BCUT2D eigenvalue weighted by Gasteiger charge is 2.37. The number of carbonyl (C=O) groups is 2. The molecule has 1 aliphatic heterocycles. The van der Waals surface area contributed by atoms with Crippen LogP contribution in [0.2, 0.25) is 0 Å². The average molecular weight is 330 g/mol. The summed E-state index contributed by atoms with van der Waals surface area (Å²) in [5, 5.41) is 0. The molecule has 2 amide bonds. The molecule has 1 aromatic carbocycles. The zero-order chi connectivity index (χ0) is 17.7. The van der Waals surface area contributed by atoms with Crippen LogP contribution in [-0.2, 0) is 11.3 Å². The molecule has 132 valence electrons. The molecule has 0 bridgehead atoms. The number of hydrogen-bond donors (Lipinski definition) is 0. The standard InChI is InChI=1S/C20H30N2O2/c1-5-11-21(12-6-2)20(24)18(13-15(3)4)22-14-16-9-7-8-10-17(16)19(22)23/h7-10,15,18H,5-6,11-14H2,1-4H3/t18-/m1/s1. The van der Waals surface area contributed by atoms with Crippen molar-refractivity contribution in [3.63, 3.8) is 0 Å². The van der Waals surface area contributed by atoms with Crippen LogP contribution in [0.15, 0.2) is 24.3 Å². The van der Waals surface area contributed by atoms with Gasteiger partial charge in [0, 0.05) is 25.2 Å². The second kappa shape index (κ2) is 8.32. The van der Waals surface area contributed by atoms with E-state index in [-0.39, 0.29) is 17.9 Å². The Labute approximate surface area is 145 Å². The van der Waals surface area contributed by atoms with Gasteiger partial charge in [-0.3, -0.25) is 9.59 Å². The Morgan fingerprint density at radius 1 is 1.17 bits per heavy atom. The predicted octanol–water partition coefficient (Wildman–Crippen LogP) is 3.71. The van der Waals surface area contributed by atoms with E-state index >= 15 is 0 Å². The first-order chi connectivity index (χ1) is 11.5. The van der Waals surface area contributed by atoms with Crippen molar-refractivity contribution in [1.29, 1.82) is 0 Å². The van der Waals surface area contributed by atoms with E-state index in [1.54, 1.807) is 4.90 Å². The van der Waals surface area contributed by atoms with E-state index < -0.39 is 0 Å². The normalized spacial score (nSPS) is 14.9. The summed E-state index contributed by atoms with van der Waals surface area (Å²) in [6.07, 6.45) is 2.59. The van der Waals surface area contributed by atoms with Crippen molar-refractivity contribution < 1.29 is 9.59 Å². The minimum atomic E-state index is -0.358. The van der Waals surface area contributed by atoms with Gasteiger partial charge in [0.05, 0.1) is 0 Å². The smallest absolute Gasteiger partial charge is 0.255 e. The highest BCUT2D eigenvalue weighted by molar-refractivity contribution is 6.01. The lowest BCUT2D eigenvalue weighted by atomic mass is 10.0. The highest BCUT2D eigenvalue weighted by Crippen LogP contribution is 2.27. The summed E-state index contributed by atoms with van der Waals surface area (Å²) in [5.74, 6) is 0.465. The molecule has 1 atom stereocenters. The Bertz CT molecular complexity index is 577. The number of rotatable bonds is 8. The Balaban J connectivity index is 2.26. The Morgan fingerprint density at radius 2 is 1.79 bits per heavy atom. The van der Waals surface area contributed by atoms with Gasteiger partial charge in [0.2, 0.25) is 5.91 Å². The molecule has 24 heavy (non-hydrogen) atoms. The average Bonchev–Trinajstić information content (AvgIpc) is 2.89. The van der Waals surface area contributed by atoms with Crippen molar-refractivity contribution in [3.05, 3.63) is 35.4 Å². The van der Waals surface area contributed by atoms with Crippen molar-refractivity contribution in [3.8, 4) is 0 Å². The fourth-order valence-corrected chi connectivity index (χ4v) is 3.42. The Hall–Kier alpha value is -1.84. The molecule has 0 N–H and O–H groups in total. The van der Waals surface area contributed by atoms with Crippen LogP contribution in [0, 0.1) is 5.92 Å². The van der Waals surface area contributed by atoms with E-state index in [0.717, 1.165) is 37.1 Å². The summed E-state index contributed by atoms with van der Waals surface area (Å²) in [5.41, 5.74) is 1.78. The first kappa shape index (κ1) is 18.5. The van der Waals surface area contributed by atoms with Crippen LogP contribution < -0.4 is 0 Å². The summed E-state index contributed by atoms with van der Waals surface area (Å²) in [6.45, 7) is 10.5. The van der Waals surface area contributed by atoms with Gasteiger partial charge in [-0.25, -0.2) is 0 Å². The first-order valence-electron chi connectivity index (χ1n) is 9.17. The van der Waals surface area contributed by atoms with Crippen molar-refractivity contribution in [2.75, 3.05) is 13.1 Å². The van der Waals surface area contributed by atoms with Gasteiger partial charge in [0.15, 0.2) is 0 Å². The first-order valence-corrected chi connectivity index (χ1v) is 9.17. The SMILES string of the molecule is CCCN(CCC)C(=O)[C@@H](CC(C)C)N1Cc2ccccc2C1=O. The van der Waals surface area contributed by atoms with Gasteiger partial charge in [0.25, 0.3) is 5.91 Å². The van der Waals surface area contributed by atoms with Gasteiger partial charge in [-0.2, -0.15) is 0 Å². The lowest BCUT2D eigenvalue weighted by Gasteiger charge is -2.33. The lowest BCUT2D eigenvalue weighted by Crippen LogP contribution is -2.49. The Morgan fingerprint density at radius 3 is 2.33 bits per heavy atom. The minimum Gasteiger partial charge on any atom is -0.341 e. The number of amides is 2. The molecule has 1 aromatic rings. The molecule has 0 spiro atoms. The number of fused-ring (bicyclic) bond motifs is 1. The number of hydrogen-bond acceptors (Lipinski definition) is 2. The van der Waals surface area contributed by atoms with Gasteiger partial charge in [-0.15, -0.1) is 0 Å². The van der Waals surface area contributed by atoms with Crippen LogP contribution >= 0.6 is 0 Å². The molecule has 4 heteroatoms. The summed E-state index contributed by atoms with van der Waals surface area (Å²) in [6, 6.07) is 7.34. The molecule has 2 rings (SSSR count). The molecule has 0 aliphatic carbocycles. The molecular formula is C20H30N2O2. The Kier molecular flexibility index (Phi) is 6.41. The molecule has 4 nitrogen and oxygen atoms in total. The van der Waals surface area contributed by atoms with Crippen molar-refractivity contribution in [2.24, 2.45) is 5.92 Å². The van der Waals surface area contributed by atoms with Crippen LogP contribution in [0.4, 0.5) is 0 Å². The summed E-state index contributed by atoms with van der Waals surface area (Å²) < 4.78 is 0. The third-order valence-corrected chi connectivity index (χ3v) is 4.50. The summed E-state index contributed by atoms with van der Waals surface area (Å²) in [7, 11) is 0. The van der Waals surface area contributed by atoms with E-state index in [1.807, 2.05) is 29.2 Å². The van der Waals surface area contributed by atoms with Gasteiger partial charge in [0.1, 0.15) is 6.04 Å². The minimum absolute atomic E-state index is 0.00227. The van der Waals surface area contributed by atoms with E-state index in [1.165, 1.54) is 0 Å². The molecule has 1 heterocycles. The van der Waals surface area contributed by atoms with Gasteiger partial charge >= 0.3 is 0 Å². The van der Waals surface area contributed by atoms with Gasteiger partial charge in [-0.05, 0) is 36.8 Å². The number of nitrogens with zero attached hydrogens (tertiary/aromatic N) is 2. The third kappa shape index (κ3) is 3.97. The molecular weight excluding hydrogens is 300 g/mol. The van der Waals surface area contributed by atoms with E-state index in [2.05, 4.69) is 27.7 Å². The number of benzene rings is 1. The van der Waals surface area contributed by atoms with Gasteiger partial charge in [-0.1, -0.05) is 45.9 Å². The van der Waals surface area contributed by atoms with Crippen molar-refractivity contribution in [2.45, 2.75) is 59.5 Å². The topological polar surface area (TPSA) is 40.6 Å². The zero-order valence-corrected chi connectivity index (χ0v) is 15.4. The zero-order valence-electron chi connectivity index (χ0n) is 15.4. The predicted molar refractivity (Wildman–Crippen MR) is 96.7 cm³/mol. The van der Waals surface area contributed by atoms with E-state index in [4.69, 9.17) is 0 Å². The molecule has 0 unspecified atom stereocenters. The fraction of sp³-hybridized carbons (Fsp3) is 0.600. The fourth-order valence-electron chi connectivity index (χ4n) is 3.42. The van der Waals surface area contributed by atoms with Crippen LogP contribution in [-0.4, -0.2) is 40.7 Å². The summed E-state index contributed by atoms with van der Waals surface area (Å²) in [4.78, 5) is 29.7. The van der Waals surface area contributed by atoms with Crippen LogP contribution in [0.25, 0.3) is 0 Å². The second-order valence-electron chi connectivity index (χ2n) is 7.06. The number of carbonyl (C=O) groups excluding carboxylic acids is 2. The lowest BCUT2D eigenvalue weighted by molar-refractivity contribution is -0.137. The van der Waals surface area contributed by atoms with Crippen molar-refractivity contribution >= 4 is 11.8 Å².